The van der Waals surface area contributed by atoms with Crippen LogP contribution in [0.2, 0.25) is 0 Å². The largest absolute Gasteiger partial charge is 0.508 e. The first-order chi connectivity index (χ1) is 19.6. The number of nitrogens with zero attached hydrogens (tertiary/aromatic N) is 3. The van der Waals surface area contributed by atoms with Crippen LogP contribution in [0.4, 0.5) is 11.4 Å². The highest BCUT2D eigenvalue weighted by molar-refractivity contribution is 6.11. The van der Waals surface area contributed by atoms with E-state index in [1.165, 1.54) is 0 Å². The molecule has 1 amide bonds. The summed E-state index contributed by atoms with van der Waals surface area (Å²) >= 11 is 0. The first kappa shape index (κ1) is 28.5. The molecule has 1 aliphatic rings. The first-order valence-electron chi connectivity index (χ1n) is 14.0. The fourth-order valence-corrected chi connectivity index (χ4v) is 4.27. The van der Waals surface area contributed by atoms with Crippen molar-refractivity contribution in [3.8, 4) is 5.75 Å². The fourth-order valence-electron chi connectivity index (χ4n) is 4.27. The lowest BCUT2D eigenvalue weighted by molar-refractivity contribution is -0.121. The number of phenolic OH excluding ortho intramolecular Hbond substituents is 1. The Labute approximate surface area is 236 Å². The molecule has 0 fully saturated rings. The summed E-state index contributed by atoms with van der Waals surface area (Å²) in [4.78, 5) is 26.4. The number of unbranched alkanes of at least 4 members (excludes halogenated alkanes) is 3. The third-order valence-corrected chi connectivity index (χ3v) is 6.41. The van der Waals surface area contributed by atoms with Crippen molar-refractivity contribution < 1.29 is 9.90 Å². The van der Waals surface area contributed by atoms with Crippen LogP contribution in [0.15, 0.2) is 99.9 Å². The number of amides is 1. The second kappa shape index (κ2) is 15.8. The Morgan fingerprint density at radius 3 is 2.25 bits per heavy atom. The van der Waals surface area contributed by atoms with Crippen LogP contribution in [-0.2, 0) is 11.3 Å². The van der Waals surface area contributed by atoms with Crippen molar-refractivity contribution in [1.82, 2.24) is 5.32 Å². The number of amidine groups is 2. The molecule has 0 radical (unpaired) electrons. The van der Waals surface area contributed by atoms with Gasteiger partial charge in [0.2, 0.25) is 11.9 Å². The van der Waals surface area contributed by atoms with Gasteiger partial charge in [0.05, 0.1) is 0 Å². The molecule has 0 saturated heterocycles. The minimum absolute atomic E-state index is 0.100. The van der Waals surface area contributed by atoms with E-state index in [1.807, 2.05) is 60.7 Å². The molecule has 8 nitrogen and oxygen atoms in total. The molecule has 3 aromatic carbocycles. The summed E-state index contributed by atoms with van der Waals surface area (Å²) in [7, 11) is 0. The SMILES string of the molecule is O=C(CCCCCCN=C1CCCC(Nc2ccccc2)=NC(Nc2ccc(O)cc2)=N1)NCc1ccccc1. The van der Waals surface area contributed by atoms with Crippen LogP contribution in [0.1, 0.15) is 56.9 Å². The van der Waals surface area contributed by atoms with Gasteiger partial charge >= 0.3 is 0 Å². The summed E-state index contributed by atoms with van der Waals surface area (Å²) in [6.45, 7) is 1.28. The van der Waals surface area contributed by atoms with Gasteiger partial charge in [-0.25, -0.2) is 0 Å². The van der Waals surface area contributed by atoms with E-state index in [4.69, 9.17) is 15.0 Å². The molecule has 4 rings (SSSR count). The molecule has 0 atom stereocenters. The third-order valence-electron chi connectivity index (χ3n) is 6.41. The standard InChI is InChI=1S/C32H38N6O2/c39-28-21-19-27(20-22-28)36-32-37-29(16-11-17-30(38-32)35-26-14-7-4-8-15-26)33-23-10-2-1-9-18-31(40)34-24-25-12-5-3-6-13-25/h3-8,12-15,19-22,39H,1-2,9-11,16-18,23-24H2,(H,34,40)(H2,33,35,36,37,38). The number of benzene rings is 3. The molecular weight excluding hydrogens is 500 g/mol. The Kier molecular flexibility index (Phi) is 11.3. The van der Waals surface area contributed by atoms with E-state index in [0.29, 0.717) is 25.5 Å². The molecule has 4 N–H and O–H groups in total. The van der Waals surface area contributed by atoms with Gasteiger partial charge in [-0.15, -0.1) is 0 Å². The average Bonchev–Trinajstić information content (AvgIpc) is 2.96. The van der Waals surface area contributed by atoms with E-state index in [0.717, 1.165) is 73.6 Å². The van der Waals surface area contributed by atoms with E-state index < -0.39 is 0 Å². The average molecular weight is 539 g/mol. The lowest BCUT2D eigenvalue weighted by Crippen LogP contribution is -2.22. The van der Waals surface area contributed by atoms with Gasteiger partial charge in [0, 0.05) is 43.7 Å². The van der Waals surface area contributed by atoms with Crippen LogP contribution in [0.3, 0.4) is 0 Å². The number of carbonyl (C=O) groups is 1. The molecule has 0 bridgehead atoms. The Morgan fingerprint density at radius 1 is 0.775 bits per heavy atom. The zero-order valence-electron chi connectivity index (χ0n) is 22.9. The maximum absolute atomic E-state index is 12.1. The molecule has 8 heteroatoms. The molecular formula is C32H38N6O2. The van der Waals surface area contributed by atoms with Crippen molar-refractivity contribution in [3.05, 3.63) is 90.5 Å². The molecule has 0 unspecified atom stereocenters. The van der Waals surface area contributed by atoms with E-state index in [2.05, 4.69) is 16.0 Å². The lowest BCUT2D eigenvalue weighted by atomic mass is 10.1. The van der Waals surface area contributed by atoms with Crippen LogP contribution < -0.4 is 16.0 Å². The number of carbonyl (C=O) groups excluding carboxylic acids is 1. The number of phenols is 1. The summed E-state index contributed by atoms with van der Waals surface area (Å²) in [5.41, 5.74) is 2.88. The first-order valence-corrected chi connectivity index (χ1v) is 14.0. The highest BCUT2D eigenvalue weighted by Crippen LogP contribution is 2.16. The van der Waals surface area contributed by atoms with Gasteiger partial charge in [-0.05, 0) is 61.2 Å². The highest BCUT2D eigenvalue weighted by atomic mass is 16.3. The number of nitrogens with one attached hydrogen (secondary N) is 3. The van der Waals surface area contributed by atoms with E-state index in [1.54, 1.807) is 24.3 Å². The van der Waals surface area contributed by atoms with Gasteiger partial charge < -0.3 is 21.1 Å². The molecule has 1 aliphatic heterocycles. The highest BCUT2D eigenvalue weighted by Gasteiger charge is 2.11. The minimum atomic E-state index is 0.100. The zero-order chi connectivity index (χ0) is 27.8. The van der Waals surface area contributed by atoms with Gasteiger partial charge in [-0.1, -0.05) is 61.4 Å². The number of anilines is 2. The Morgan fingerprint density at radius 2 is 1.48 bits per heavy atom. The predicted molar refractivity (Wildman–Crippen MR) is 164 cm³/mol. The normalized spacial score (nSPS) is 14.4. The molecule has 1 heterocycles. The van der Waals surface area contributed by atoms with Crippen molar-refractivity contribution in [1.29, 1.82) is 0 Å². The summed E-state index contributed by atoms with van der Waals surface area (Å²) in [6, 6.07) is 26.8. The number of aliphatic imine (C=N–C) groups is 3. The molecule has 208 valence electrons. The van der Waals surface area contributed by atoms with Crippen LogP contribution in [0, 0.1) is 0 Å². The zero-order valence-corrected chi connectivity index (χ0v) is 22.9. The minimum Gasteiger partial charge on any atom is -0.508 e. The molecule has 3 aromatic rings. The van der Waals surface area contributed by atoms with Crippen molar-refractivity contribution in [2.24, 2.45) is 15.0 Å². The quantitative estimate of drug-likeness (QED) is 0.165. The Hall–Kier alpha value is -4.46. The fraction of sp³-hybridized carbons (Fsp3) is 0.312. The van der Waals surface area contributed by atoms with Crippen molar-refractivity contribution >= 4 is 34.9 Å². The van der Waals surface area contributed by atoms with Crippen LogP contribution >= 0.6 is 0 Å². The van der Waals surface area contributed by atoms with E-state index in [9.17, 15) is 9.90 Å². The van der Waals surface area contributed by atoms with Gasteiger partial charge in [-0.3, -0.25) is 9.79 Å². The van der Waals surface area contributed by atoms with Gasteiger partial charge in [0.15, 0.2) is 0 Å². The van der Waals surface area contributed by atoms with Crippen LogP contribution in [0.25, 0.3) is 0 Å². The molecule has 0 spiro atoms. The number of para-hydroxylation sites is 1. The second-order valence-corrected chi connectivity index (χ2v) is 9.73. The maximum atomic E-state index is 12.1. The molecule has 0 aromatic heterocycles. The Bertz CT molecular complexity index is 1290. The number of hydrogen-bond acceptors (Lipinski definition) is 6. The van der Waals surface area contributed by atoms with E-state index >= 15 is 0 Å². The van der Waals surface area contributed by atoms with Crippen LogP contribution in [-0.4, -0.2) is 35.2 Å². The smallest absolute Gasteiger partial charge is 0.230 e. The van der Waals surface area contributed by atoms with Crippen LogP contribution in [0.5, 0.6) is 5.75 Å². The summed E-state index contributed by atoms with van der Waals surface area (Å²) in [5, 5.41) is 19.3. The second-order valence-electron chi connectivity index (χ2n) is 9.73. The van der Waals surface area contributed by atoms with Crippen molar-refractivity contribution in [3.63, 3.8) is 0 Å². The van der Waals surface area contributed by atoms with E-state index in [-0.39, 0.29) is 11.7 Å². The lowest BCUT2D eigenvalue weighted by Gasteiger charge is -2.15. The molecule has 0 aliphatic carbocycles. The molecule has 0 saturated carbocycles. The number of hydrogen-bond donors (Lipinski definition) is 4. The number of rotatable bonds is 11. The van der Waals surface area contributed by atoms with Crippen molar-refractivity contribution in [2.45, 2.75) is 57.9 Å². The number of aromatic hydroxyl groups is 1. The summed E-state index contributed by atoms with van der Waals surface area (Å²) in [5.74, 6) is 2.38. The molecule has 40 heavy (non-hydrogen) atoms. The third kappa shape index (κ3) is 10.4. The summed E-state index contributed by atoms with van der Waals surface area (Å²) in [6.07, 6.45) is 6.83. The monoisotopic (exact) mass is 538 g/mol. The van der Waals surface area contributed by atoms with Gasteiger partial charge in [0.25, 0.3) is 0 Å². The summed E-state index contributed by atoms with van der Waals surface area (Å²) < 4.78 is 0. The topological polar surface area (TPSA) is 110 Å². The van der Waals surface area contributed by atoms with Gasteiger partial charge in [-0.2, -0.15) is 9.98 Å². The predicted octanol–water partition coefficient (Wildman–Crippen LogP) is 6.52. The number of guanidine groups is 1. The van der Waals surface area contributed by atoms with Crippen molar-refractivity contribution in [2.75, 3.05) is 17.2 Å². The van der Waals surface area contributed by atoms with Gasteiger partial charge in [0.1, 0.15) is 17.4 Å². The maximum Gasteiger partial charge on any atom is 0.230 e. The Balaban J connectivity index is 1.27.